The van der Waals surface area contributed by atoms with E-state index in [0.29, 0.717) is 11.1 Å². The minimum absolute atomic E-state index is 0. The number of aryl methyl sites for hydroxylation is 4. The second-order valence-corrected chi connectivity index (χ2v) is 14.4. The van der Waals surface area contributed by atoms with Crippen molar-refractivity contribution in [2.75, 3.05) is 0 Å². The summed E-state index contributed by atoms with van der Waals surface area (Å²) in [4.78, 5) is 27.1. The fourth-order valence-electron chi connectivity index (χ4n) is 2.96. The molecule has 60 heavy (non-hydrogen) atoms. The second kappa shape index (κ2) is 33.2. The van der Waals surface area contributed by atoms with E-state index in [9.17, 15) is 37.1 Å². The molecule has 4 rings (SSSR count). The van der Waals surface area contributed by atoms with Crippen LogP contribution >= 0.6 is 0 Å². The zero-order chi connectivity index (χ0) is 47.2. The van der Waals surface area contributed by atoms with Crippen molar-refractivity contribution in [2.24, 2.45) is 5.34 Å². The van der Waals surface area contributed by atoms with Crippen LogP contribution in [-0.2, 0) is 62.4 Å². The number of nitro groups is 2. The number of hydrogen-bond donors (Lipinski definition) is 5. The van der Waals surface area contributed by atoms with Gasteiger partial charge < -0.3 is 24.8 Å². The molecule has 0 aromatic heterocycles. The zero-order valence-corrected chi connectivity index (χ0v) is 34.9. The molecule has 0 saturated heterocycles. The summed E-state index contributed by atoms with van der Waals surface area (Å²) in [6.45, 7) is 7.12. The summed E-state index contributed by atoms with van der Waals surface area (Å²) in [5.74, 6) is 0. The number of rotatable bonds is 5. The fourth-order valence-corrected chi connectivity index (χ4v) is 3.94. The third kappa shape index (κ3) is 40.6. The van der Waals surface area contributed by atoms with Crippen LogP contribution in [0, 0.1) is 52.8 Å². The Kier molecular flexibility index (Phi) is 35.2. The molecule has 8 N–H and O–H groups in total. The monoisotopic (exact) mass is 958 g/mol. The van der Waals surface area contributed by atoms with Gasteiger partial charge >= 0.3 is 21.0 Å². The molecular weight excluding hydrogens is 923 g/mol. The highest BCUT2D eigenvalue weighted by Gasteiger charge is 2.17. The van der Waals surface area contributed by atoms with E-state index in [1.165, 1.54) is 42.1 Å². The Bertz CT molecular complexity index is 2350. The van der Waals surface area contributed by atoms with E-state index in [1.54, 1.807) is 37.3 Å². The molecule has 1 unspecified atom stereocenters. The van der Waals surface area contributed by atoms with Crippen molar-refractivity contribution < 1.29 is 95.0 Å². The Morgan fingerprint density at radius 3 is 1.17 bits per heavy atom. The molecule has 4 aromatic rings. The van der Waals surface area contributed by atoms with E-state index >= 15 is 0 Å². The first-order chi connectivity index (χ1) is 26.8. The van der Waals surface area contributed by atoms with Crippen molar-refractivity contribution in [1.29, 1.82) is 0 Å². The average Bonchev–Trinajstić information content (AvgIpc) is 3.08. The predicted molar refractivity (Wildman–Crippen MR) is 204 cm³/mol. The van der Waals surface area contributed by atoms with Crippen LogP contribution in [0.4, 0.5) is 11.4 Å². The van der Waals surface area contributed by atoms with Gasteiger partial charge in [-0.25, -0.2) is 4.21 Å². The van der Waals surface area contributed by atoms with Crippen LogP contribution < -0.4 is 5.26 Å². The van der Waals surface area contributed by atoms with Crippen LogP contribution in [0.3, 0.4) is 0 Å². The molecule has 0 spiro atoms. The van der Waals surface area contributed by atoms with Gasteiger partial charge in [-0.05, 0) is 45.9 Å². The van der Waals surface area contributed by atoms with Gasteiger partial charge in [-0.3, -0.25) is 38.4 Å². The lowest BCUT2D eigenvalue weighted by atomic mass is 10.2. The Hall–Kier alpha value is -5.62. The van der Waals surface area contributed by atoms with Crippen LogP contribution in [0.5, 0.6) is 0 Å². The van der Waals surface area contributed by atoms with Gasteiger partial charge in [0.05, 0.1) is 26.1 Å². The van der Waals surface area contributed by atoms with E-state index in [2.05, 4.69) is 23.4 Å². The van der Waals surface area contributed by atoms with Crippen LogP contribution in [0.1, 0.15) is 22.3 Å². The van der Waals surface area contributed by atoms with Crippen LogP contribution in [0.2, 0.25) is 0 Å². The topological polar surface area (TPSA) is 476 Å². The van der Waals surface area contributed by atoms with Gasteiger partial charge in [0.1, 0.15) is 4.90 Å². The maximum atomic E-state index is 10.7. The number of hydrogen-bond acceptors (Lipinski definition) is 19. The normalized spacial score (nSPS) is 10.1. The third-order valence-corrected chi connectivity index (χ3v) is 7.13. The van der Waals surface area contributed by atoms with Gasteiger partial charge in [-0.15, -0.1) is 17.5 Å². The first kappa shape index (κ1) is 63.5. The smallest absolute Gasteiger partial charge is 0.425 e. The summed E-state index contributed by atoms with van der Waals surface area (Å²) in [5, 5.41) is 37.1. The Balaban J connectivity index is -0.000000201. The molecule has 338 valence electrons. The molecule has 0 aliphatic heterocycles. The zero-order valence-electron chi connectivity index (χ0n) is 30.8. The summed E-state index contributed by atoms with van der Waals surface area (Å²) in [7, 11) is -16.2. The van der Waals surface area contributed by atoms with E-state index in [-0.39, 0.29) is 26.7 Å². The van der Waals surface area contributed by atoms with Gasteiger partial charge in [0.15, 0.2) is 5.34 Å². The molecule has 0 bridgehead atoms. The van der Waals surface area contributed by atoms with Crippen molar-refractivity contribution >= 4 is 64.0 Å². The first-order valence-corrected chi connectivity index (χ1v) is 20.4. The van der Waals surface area contributed by atoms with Gasteiger partial charge in [0, 0.05) is 23.3 Å². The molecule has 32 heteroatoms. The van der Waals surface area contributed by atoms with E-state index in [0.717, 1.165) is 17.7 Å². The molecule has 0 saturated carbocycles. The quantitative estimate of drug-likeness (QED) is 0.0363. The second-order valence-electron chi connectivity index (χ2n) is 9.67. The molecule has 0 radical (unpaired) electrons. The van der Waals surface area contributed by atoms with Crippen molar-refractivity contribution in [2.45, 2.75) is 37.5 Å². The van der Waals surface area contributed by atoms with Crippen molar-refractivity contribution in [1.82, 2.24) is 0 Å². The van der Waals surface area contributed by atoms with Crippen LogP contribution in [0.25, 0.3) is 0 Å². The maximum Gasteiger partial charge on any atom is 0.425 e. The molecule has 0 heterocycles. The van der Waals surface area contributed by atoms with E-state index < -0.39 is 62.4 Å². The minimum atomic E-state index is -4.67. The number of nitrogens with zero attached hydrogens (tertiary/aromatic N) is 3. The standard InChI is InChI=1S/C7H7NO5S.C7H7NO2.C7H8O3S.C7H8.HNO2.2H2O4S.O3S.H2O/c1-5-2-3-6(14(11,12)13)4-7(5)8(9)10;1-6-4-2-3-5-7(6)8(9)10;1-6-2-4-7(5-3-6)11(8,9)10;1-7-5-3-2-4-6-7;2-1-3;1-5(2,3)4;1-4-5(2)3;1-4(2)3;/h2-4H,1H3,(H,11,12,13);2-5H,1H3;2-5H,1H3,(H,8,9,10);2-6H,1H3;(H,2,3);(H2,1,2,3,4);1H,(H,2,3);;1H2/p-1. The summed E-state index contributed by atoms with van der Waals surface area (Å²) in [5.41, 5.74) is 3.16. The molecule has 0 fully saturated rings. The number of nitro benzene ring substituents is 2. The largest absolute Gasteiger partial charge is 0.750 e. The Morgan fingerprint density at radius 1 is 0.600 bits per heavy atom. The minimum Gasteiger partial charge on any atom is -0.750 e. The molecule has 4 aromatic carbocycles. The van der Waals surface area contributed by atoms with Crippen molar-refractivity contribution in [3.05, 3.63) is 144 Å². The molecule has 0 aliphatic carbocycles. The molecule has 27 nitrogen and oxygen atoms in total. The number of para-hydroxylation sites is 1. The van der Waals surface area contributed by atoms with Crippen molar-refractivity contribution in [3.63, 3.8) is 0 Å². The lowest BCUT2D eigenvalue weighted by molar-refractivity contribution is -0.635. The molecule has 1 atom stereocenters. The molecular formula is C28H36N3O24S5-. The third-order valence-electron chi connectivity index (χ3n) is 5.30. The highest BCUT2D eigenvalue weighted by Crippen LogP contribution is 2.21. The average molecular weight is 959 g/mol. The lowest BCUT2D eigenvalue weighted by Gasteiger charge is -2.05. The summed E-state index contributed by atoms with van der Waals surface area (Å²) < 4.78 is 136. The number of benzene rings is 4. The van der Waals surface area contributed by atoms with Gasteiger partial charge in [-0.1, -0.05) is 77.9 Å². The maximum absolute atomic E-state index is 10.7. The highest BCUT2D eigenvalue weighted by atomic mass is 32.3. The fraction of sp³-hybridized carbons (Fsp3) is 0.143. The summed E-state index contributed by atoms with van der Waals surface area (Å²) in [6, 6.07) is 26.1. The SMILES string of the molecule is Cc1ccc(S(=O)(=O)O)cc1.Cc1ccc(S(=O)(=O)O)cc1[N+](=O)[O-].Cc1ccccc1.Cc1ccccc1[N+](=O)[O-].O=NO.O=S(=O)(O)O.O=S(=O)=O.O=S([O-])O[O-].[OH3+]. The first-order valence-electron chi connectivity index (χ1n) is 14.2. The van der Waals surface area contributed by atoms with Gasteiger partial charge in [0.25, 0.3) is 31.6 Å². The Morgan fingerprint density at radius 2 is 0.900 bits per heavy atom. The van der Waals surface area contributed by atoms with Crippen LogP contribution in [0.15, 0.2) is 112 Å². The Labute approximate surface area is 345 Å². The lowest BCUT2D eigenvalue weighted by Crippen LogP contribution is -2.06. The summed E-state index contributed by atoms with van der Waals surface area (Å²) >= 11 is -2.88. The van der Waals surface area contributed by atoms with E-state index in [4.69, 9.17) is 63.4 Å². The van der Waals surface area contributed by atoms with Crippen molar-refractivity contribution in [3.8, 4) is 0 Å². The molecule has 0 aliphatic rings. The molecule has 0 amide bonds. The van der Waals surface area contributed by atoms with Gasteiger partial charge in [-0.2, -0.15) is 25.3 Å². The highest BCUT2D eigenvalue weighted by molar-refractivity contribution is 7.86. The van der Waals surface area contributed by atoms with Gasteiger partial charge in [0.2, 0.25) is 0 Å². The predicted octanol–water partition coefficient (Wildman–Crippen LogP) is 1.93. The van der Waals surface area contributed by atoms with E-state index in [1.807, 2.05) is 25.1 Å². The van der Waals surface area contributed by atoms with Crippen LogP contribution in [-0.4, -0.2) is 79.9 Å². The summed E-state index contributed by atoms with van der Waals surface area (Å²) in [6.07, 6.45) is 0.